The van der Waals surface area contributed by atoms with Gasteiger partial charge in [-0.2, -0.15) is 0 Å². The number of carbonyl (C=O) groups excluding carboxylic acids is 3. The Morgan fingerprint density at radius 2 is 1.82 bits per heavy atom. The van der Waals surface area contributed by atoms with E-state index in [-0.39, 0.29) is 22.5 Å². The number of esters is 1. The van der Waals surface area contributed by atoms with Gasteiger partial charge in [-0.1, -0.05) is 11.6 Å². The first-order chi connectivity index (χ1) is 16.4. The van der Waals surface area contributed by atoms with Crippen LogP contribution in [0.3, 0.4) is 0 Å². The predicted octanol–water partition coefficient (Wildman–Crippen LogP) is 4.74. The number of aliphatic hydroxyl groups excluding tert-OH is 1. The van der Waals surface area contributed by atoms with Crippen LogP contribution in [0.15, 0.2) is 70.9 Å². The molecule has 0 radical (unpaired) electrons. The van der Waals surface area contributed by atoms with Crippen molar-refractivity contribution >= 4 is 40.7 Å². The second-order valence-corrected chi connectivity index (χ2v) is 7.71. The van der Waals surface area contributed by atoms with E-state index in [1.807, 2.05) is 0 Å². The van der Waals surface area contributed by atoms with Crippen molar-refractivity contribution in [2.24, 2.45) is 0 Å². The lowest BCUT2D eigenvalue weighted by Gasteiger charge is -2.23. The van der Waals surface area contributed by atoms with Crippen LogP contribution in [0, 0.1) is 0 Å². The molecule has 0 aliphatic carbocycles. The van der Waals surface area contributed by atoms with Crippen molar-refractivity contribution < 1.29 is 33.4 Å². The molecule has 1 unspecified atom stereocenters. The first-order valence-corrected chi connectivity index (χ1v) is 10.7. The first-order valence-electron chi connectivity index (χ1n) is 10.3. The predicted molar refractivity (Wildman–Crippen MR) is 124 cm³/mol. The number of rotatable bonds is 6. The van der Waals surface area contributed by atoms with Gasteiger partial charge in [0.25, 0.3) is 11.7 Å². The van der Waals surface area contributed by atoms with E-state index < -0.39 is 29.5 Å². The highest BCUT2D eigenvalue weighted by atomic mass is 35.5. The van der Waals surface area contributed by atoms with Gasteiger partial charge in [-0.25, -0.2) is 4.79 Å². The molecule has 1 N–H and O–H groups in total. The Morgan fingerprint density at radius 1 is 1.12 bits per heavy atom. The molecule has 0 spiro atoms. The smallest absolute Gasteiger partial charge is 0.337 e. The maximum absolute atomic E-state index is 13.1. The number of benzene rings is 2. The molecule has 2 heterocycles. The third-order valence-corrected chi connectivity index (χ3v) is 5.64. The van der Waals surface area contributed by atoms with Crippen molar-refractivity contribution in [3.8, 4) is 5.75 Å². The van der Waals surface area contributed by atoms with Crippen molar-refractivity contribution in [3.05, 3.63) is 88.3 Å². The minimum Gasteiger partial charge on any atom is -0.507 e. The lowest BCUT2D eigenvalue weighted by atomic mass is 9.99. The van der Waals surface area contributed by atoms with Crippen molar-refractivity contribution in [1.82, 2.24) is 0 Å². The van der Waals surface area contributed by atoms with Crippen LogP contribution in [0.1, 0.15) is 34.6 Å². The molecule has 2 aromatic carbocycles. The molecular formula is C25H20ClNO7. The largest absolute Gasteiger partial charge is 0.507 e. The molecule has 3 aromatic rings. The molecule has 9 heteroatoms. The van der Waals surface area contributed by atoms with Crippen LogP contribution >= 0.6 is 11.6 Å². The molecule has 0 bridgehead atoms. The highest BCUT2D eigenvalue weighted by molar-refractivity contribution is 6.51. The van der Waals surface area contributed by atoms with E-state index in [2.05, 4.69) is 0 Å². The molecule has 1 fully saturated rings. The Labute approximate surface area is 199 Å². The average Bonchev–Trinajstić information content (AvgIpc) is 3.47. The third-order valence-electron chi connectivity index (χ3n) is 5.33. The van der Waals surface area contributed by atoms with Crippen molar-refractivity contribution in [1.29, 1.82) is 0 Å². The van der Waals surface area contributed by atoms with Crippen molar-refractivity contribution in [3.63, 3.8) is 0 Å². The Kier molecular flexibility index (Phi) is 6.43. The Morgan fingerprint density at radius 3 is 2.44 bits per heavy atom. The number of hydrogen-bond acceptors (Lipinski definition) is 7. The standard InChI is InChI=1S/C25H20ClNO7/c1-3-33-19-13-15(8-11-17(19)26)22(28)20-21(18-5-4-12-34-18)27(24(30)23(20)29)16-9-6-14(7-10-16)25(31)32-2/h4-13,21,28H,3H2,1-2H3/b22-20-. The minimum absolute atomic E-state index is 0.151. The fourth-order valence-electron chi connectivity index (χ4n) is 3.76. The topological polar surface area (TPSA) is 106 Å². The van der Waals surface area contributed by atoms with Crippen LogP contribution in [-0.2, 0) is 14.3 Å². The highest BCUT2D eigenvalue weighted by Crippen LogP contribution is 2.43. The second-order valence-electron chi connectivity index (χ2n) is 7.30. The molecule has 34 heavy (non-hydrogen) atoms. The summed E-state index contributed by atoms with van der Waals surface area (Å²) in [5.74, 6) is -2.07. The van der Waals surface area contributed by atoms with Gasteiger partial charge in [-0.15, -0.1) is 0 Å². The van der Waals surface area contributed by atoms with Gasteiger partial charge in [-0.05, 0) is 61.5 Å². The van der Waals surface area contributed by atoms with Crippen LogP contribution in [0.2, 0.25) is 5.02 Å². The number of halogens is 1. The van der Waals surface area contributed by atoms with Gasteiger partial charge in [-0.3, -0.25) is 14.5 Å². The van der Waals surface area contributed by atoms with Gasteiger partial charge in [0, 0.05) is 11.3 Å². The number of hydrogen-bond donors (Lipinski definition) is 1. The number of aliphatic hydroxyl groups is 1. The number of ketones is 1. The van der Waals surface area contributed by atoms with E-state index in [4.69, 9.17) is 25.5 Å². The van der Waals surface area contributed by atoms with Crippen LogP contribution in [0.5, 0.6) is 5.75 Å². The molecule has 1 amide bonds. The molecule has 1 saturated heterocycles. The van der Waals surface area contributed by atoms with Crippen LogP contribution in [-0.4, -0.2) is 36.5 Å². The zero-order valence-electron chi connectivity index (χ0n) is 18.3. The average molecular weight is 482 g/mol. The lowest BCUT2D eigenvalue weighted by Crippen LogP contribution is -2.29. The normalized spacial score (nSPS) is 17.1. The van der Waals surface area contributed by atoms with Gasteiger partial charge < -0.3 is 19.0 Å². The number of methoxy groups -OCH3 is 1. The fourth-order valence-corrected chi connectivity index (χ4v) is 3.94. The van der Waals surface area contributed by atoms with Crippen LogP contribution in [0.25, 0.3) is 5.76 Å². The highest BCUT2D eigenvalue weighted by Gasteiger charge is 2.48. The summed E-state index contributed by atoms with van der Waals surface area (Å²) in [6.07, 6.45) is 1.41. The van der Waals surface area contributed by atoms with Crippen LogP contribution in [0.4, 0.5) is 5.69 Å². The maximum atomic E-state index is 13.1. The van der Waals surface area contributed by atoms with Gasteiger partial charge in [0.15, 0.2) is 0 Å². The van der Waals surface area contributed by atoms with E-state index >= 15 is 0 Å². The van der Waals surface area contributed by atoms with E-state index in [1.165, 1.54) is 60.7 Å². The number of Topliss-reactive ketones (excluding diaryl/α,β-unsaturated/α-hetero) is 1. The molecule has 1 aromatic heterocycles. The maximum Gasteiger partial charge on any atom is 0.337 e. The summed E-state index contributed by atoms with van der Waals surface area (Å²) in [6.45, 7) is 2.14. The Balaban J connectivity index is 1.85. The third kappa shape index (κ3) is 4.04. The van der Waals surface area contributed by atoms with E-state index in [0.29, 0.717) is 23.1 Å². The number of anilines is 1. The summed E-state index contributed by atoms with van der Waals surface area (Å²) in [5, 5.41) is 11.5. The van der Waals surface area contributed by atoms with Gasteiger partial charge in [0.2, 0.25) is 0 Å². The summed E-state index contributed by atoms with van der Waals surface area (Å²) in [5.41, 5.74) is 0.716. The summed E-state index contributed by atoms with van der Waals surface area (Å²) >= 11 is 6.15. The number of furan rings is 1. The number of carbonyl (C=O) groups is 3. The minimum atomic E-state index is -1.04. The molecule has 1 aliphatic heterocycles. The molecule has 4 rings (SSSR count). The second kappa shape index (κ2) is 9.44. The molecular weight excluding hydrogens is 462 g/mol. The van der Waals surface area contributed by atoms with Crippen molar-refractivity contribution in [2.75, 3.05) is 18.6 Å². The summed E-state index contributed by atoms with van der Waals surface area (Å²) in [6, 6.07) is 12.7. The monoisotopic (exact) mass is 481 g/mol. The van der Waals surface area contributed by atoms with Gasteiger partial charge in [0.1, 0.15) is 23.3 Å². The zero-order chi connectivity index (χ0) is 24.4. The quantitative estimate of drug-likeness (QED) is 0.234. The first kappa shape index (κ1) is 23.1. The summed E-state index contributed by atoms with van der Waals surface area (Å²) in [7, 11) is 1.26. The number of nitrogens with zero attached hydrogens (tertiary/aromatic N) is 1. The van der Waals surface area contributed by atoms with Crippen molar-refractivity contribution in [2.45, 2.75) is 13.0 Å². The molecule has 0 saturated carbocycles. The SMILES string of the molecule is CCOc1cc(/C(O)=C2/C(=O)C(=O)N(c3ccc(C(=O)OC)cc3)C2c2ccco2)ccc1Cl. The molecule has 8 nitrogen and oxygen atoms in total. The van der Waals surface area contributed by atoms with E-state index in [9.17, 15) is 19.5 Å². The summed E-state index contributed by atoms with van der Waals surface area (Å²) < 4.78 is 15.7. The van der Waals surface area contributed by atoms with E-state index in [0.717, 1.165) is 0 Å². The molecule has 1 atom stereocenters. The number of amides is 1. The Hall–Kier alpha value is -4.04. The summed E-state index contributed by atoms with van der Waals surface area (Å²) in [4.78, 5) is 39.2. The van der Waals surface area contributed by atoms with Crippen LogP contribution < -0.4 is 9.64 Å². The fraction of sp³-hybridized carbons (Fsp3) is 0.160. The zero-order valence-corrected chi connectivity index (χ0v) is 19.0. The molecule has 1 aliphatic rings. The number of ether oxygens (including phenoxy) is 2. The lowest BCUT2D eigenvalue weighted by molar-refractivity contribution is -0.132. The Bertz CT molecular complexity index is 1280. The molecule has 174 valence electrons. The van der Waals surface area contributed by atoms with Gasteiger partial charge in [0.05, 0.1) is 36.1 Å². The van der Waals surface area contributed by atoms with Gasteiger partial charge >= 0.3 is 5.97 Å². The van der Waals surface area contributed by atoms with E-state index in [1.54, 1.807) is 19.1 Å².